The Balaban J connectivity index is 0.00000220. The zero-order chi connectivity index (χ0) is 14.5. The topological polar surface area (TPSA) is 26.3 Å². The molecule has 0 aliphatic heterocycles. The van der Waals surface area contributed by atoms with Crippen LogP contribution in [-0.4, -0.2) is 12.4 Å². The van der Waals surface area contributed by atoms with E-state index in [0.717, 1.165) is 41.0 Å². The molecule has 2 aromatic rings. The Morgan fingerprint density at radius 1 is 1.05 bits per heavy atom. The Morgan fingerprint density at radius 2 is 1.67 bits per heavy atom. The Hall–Kier alpha value is -2.09. The number of rotatable bonds is 5. The number of aryl methyl sites for hydroxylation is 1. The van der Waals surface area contributed by atoms with Gasteiger partial charge in [0.2, 0.25) is 0 Å². The Labute approximate surface area is 127 Å². The van der Waals surface area contributed by atoms with Crippen molar-refractivity contribution in [1.29, 1.82) is 0 Å². The van der Waals surface area contributed by atoms with Gasteiger partial charge in [0.15, 0.2) is 5.78 Å². The van der Waals surface area contributed by atoms with Crippen molar-refractivity contribution in [2.75, 3.05) is 6.61 Å². The van der Waals surface area contributed by atoms with E-state index in [1.165, 1.54) is 0 Å². The summed E-state index contributed by atoms with van der Waals surface area (Å²) >= 11 is 0. The fraction of sp³-hybridized carbons (Fsp3) is 0.316. The van der Waals surface area contributed by atoms with E-state index in [2.05, 4.69) is 13.0 Å². The van der Waals surface area contributed by atoms with Gasteiger partial charge in [-0.15, -0.1) is 0 Å². The van der Waals surface area contributed by atoms with Crippen molar-refractivity contribution in [3.8, 4) is 16.9 Å². The molecule has 0 saturated heterocycles. The summed E-state index contributed by atoms with van der Waals surface area (Å²) in [6, 6.07) is 14.0. The van der Waals surface area contributed by atoms with Gasteiger partial charge in [0.25, 0.3) is 0 Å². The van der Waals surface area contributed by atoms with Crippen LogP contribution in [0.2, 0.25) is 0 Å². The molecule has 0 heterocycles. The Bertz CT molecular complexity index is 597. The Kier molecular flexibility index (Phi) is 6.16. The van der Waals surface area contributed by atoms with Crippen LogP contribution in [0.25, 0.3) is 11.1 Å². The van der Waals surface area contributed by atoms with Gasteiger partial charge in [-0.25, -0.2) is 0 Å². The lowest BCUT2D eigenvalue weighted by Gasteiger charge is -2.08. The summed E-state index contributed by atoms with van der Waals surface area (Å²) in [5, 5.41) is 0. The van der Waals surface area contributed by atoms with Crippen LogP contribution in [0.3, 0.4) is 0 Å². The van der Waals surface area contributed by atoms with Crippen molar-refractivity contribution < 1.29 is 9.53 Å². The molecule has 0 bridgehead atoms. The van der Waals surface area contributed by atoms with Crippen molar-refractivity contribution in [2.24, 2.45) is 0 Å². The number of benzene rings is 2. The van der Waals surface area contributed by atoms with Crippen LogP contribution in [0, 0.1) is 6.92 Å². The molecule has 0 aliphatic carbocycles. The maximum absolute atomic E-state index is 11.4. The number of ether oxygens (including phenoxy) is 1. The lowest BCUT2D eigenvalue weighted by atomic mass is 9.98. The largest absolute Gasteiger partial charge is 0.494 e. The molecule has 2 heteroatoms. The van der Waals surface area contributed by atoms with Crippen molar-refractivity contribution in [3.63, 3.8) is 0 Å². The molecule has 112 valence electrons. The first-order valence-corrected chi connectivity index (χ1v) is 6.96. The standard InChI is InChI=1S/C18H20O2.CH4/c1-4-11-20-17-8-5-15(6-9-17)16-7-10-18(14(3)19)13(2)12-16;/h5-10,12H,4,11H2,1-3H3;1H4. The van der Waals surface area contributed by atoms with Crippen molar-refractivity contribution in [3.05, 3.63) is 53.6 Å². The second-order valence-electron chi connectivity index (χ2n) is 4.96. The maximum atomic E-state index is 11.4. The second-order valence-corrected chi connectivity index (χ2v) is 4.96. The summed E-state index contributed by atoms with van der Waals surface area (Å²) in [7, 11) is 0. The molecule has 0 saturated carbocycles. The van der Waals surface area contributed by atoms with Gasteiger partial charge in [0, 0.05) is 5.56 Å². The minimum atomic E-state index is 0. The summed E-state index contributed by atoms with van der Waals surface area (Å²) in [5.74, 6) is 1.00. The molecule has 0 aromatic heterocycles. The van der Waals surface area contributed by atoms with Gasteiger partial charge in [-0.05, 0) is 49.1 Å². The summed E-state index contributed by atoms with van der Waals surface area (Å²) in [6.45, 7) is 6.40. The molecule has 2 rings (SSSR count). The molecular weight excluding hydrogens is 260 g/mol. The van der Waals surface area contributed by atoms with Crippen molar-refractivity contribution in [2.45, 2.75) is 34.6 Å². The van der Waals surface area contributed by atoms with E-state index < -0.39 is 0 Å². The lowest BCUT2D eigenvalue weighted by Crippen LogP contribution is -1.96. The van der Waals surface area contributed by atoms with E-state index in [9.17, 15) is 4.79 Å². The van der Waals surface area contributed by atoms with Gasteiger partial charge in [-0.1, -0.05) is 44.7 Å². The number of carbonyl (C=O) groups is 1. The van der Waals surface area contributed by atoms with Gasteiger partial charge < -0.3 is 4.74 Å². The van der Waals surface area contributed by atoms with Crippen LogP contribution < -0.4 is 4.74 Å². The number of ketones is 1. The molecule has 2 aromatic carbocycles. The number of Topliss-reactive ketones (excluding diaryl/α,β-unsaturated/α-hetero) is 1. The van der Waals surface area contributed by atoms with Crippen LogP contribution >= 0.6 is 0 Å². The summed E-state index contributed by atoms with van der Waals surface area (Å²) < 4.78 is 5.58. The molecular formula is C19H24O2. The monoisotopic (exact) mass is 284 g/mol. The molecule has 2 nitrogen and oxygen atoms in total. The molecule has 0 amide bonds. The van der Waals surface area contributed by atoms with Crippen LogP contribution in [0.15, 0.2) is 42.5 Å². The van der Waals surface area contributed by atoms with E-state index in [4.69, 9.17) is 4.74 Å². The van der Waals surface area contributed by atoms with Gasteiger partial charge in [0.05, 0.1) is 6.61 Å². The highest BCUT2D eigenvalue weighted by Gasteiger charge is 2.06. The maximum Gasteiger partial charge on any atom is 0.160 e. The SMILES string of the molecule is C.CCCOc1ccc(-c2ccc(C(C)=O)c(C)c2)cc1. The molecule has 0 aliphatic rings. The Morgan fingerprint density at radius 3 is 2.19 bits per heavy atom. The number of hydrogen-bond donors (Lipinski definition) is 0. The fourth-order valence-corrected chi connectivity index (χ4v) is 2.20. The van der Waals surface area contributed by atoms with Gasteiger partial charge >= 0.3 is 0 Å². The zero-order valence-corrected chi connectivity index (χ0v) is 12.3. The molecule has 0 N–H and O–H groups in total. The third kappa shape index (κ3) is 4.19. The highest BCUT2D eigenvalue weighted by molar-refractivity contribution is 5.96. The fourth-order valence-electron chi connectivity index (χ4n) is 2.20. The minimum absolute atomic E-state index is 0. The van der Waals surface area contributed by atoms with Crippen molar-refractivity contribution >= 4 is 5.78 Å². The summed E-state index contributed by atoms with van der Waals surface area (Å²) in [5.41, 5.74) is 4.06. The molecule has 0 fully saturated rings. The van der Waals surface area contributed by atoms with Gasteiger partial charge in [-0.3, -0.25) is 4.79 Å². The summed E-state index contributed by atoms with van der Waals surface area (Å²) in [4.78, 5) is 11.4. The highest BCUT2D eigenvalue weighted by atomic mass is 16.5. The van der Waals surface area contributed by atoms with Crippen LogP contribution in [0.4, 0.5) is 0 Å². The van der Waals surface area contributed by atoms with Crippen LogP contribution in [0.1, 0.15) is 43.6 Å². The predicted molar refractivity (Wildman–Crippen MR) is 89.1 cm³/mol. The van der Waals surface area contributed by atoms with Crippen molar-refractivity contribution in [1.82, 2.24) is 0 Å². The number of carbonyl (C=O) groups excluding carboxylic acids is 1. The number of hydrogen-bond acceptors (Lipinski definition) is 2. The smallest absolute Gasteiger partial charge is 0.160 e. The van der Waals surface area contributed by atoms with E-state index in [1.807, 2.05) is 43.3 Å². The average Bonchev–Trinajstić information content (AvgIpc) is 2.45. The van der Waals surface area contributed by atoms with Crippen LogP contribution in [-0.2, 0) is 0 Å². The minimum Gasteiger partial charge on any atom is -0.494 e. The first-order valence-electron chi connectivity index (χ1n) is 6.96. The van der Waals surface area contributed by atoms with Gasteiger partial charge in [-0.2, -0.15) is 0 Å². The second kappa shape index (κ2) is 7.63. The van der Waals surface area contributed by atoms with E-state index in [1.54, 1.807) is 6.92 Å². The van der Waals surface area contributed by atoms with Gasteiger partial charge in [0.1, 0.15) is 5.75 Å². The molecule has 21 heavy (non-hydrogen) atoms. The van der Waals surface area contributed by atoms with E-state index >= 15 is 0 Å². The quantitative estimate of drug-likeness (QED) is 0.697. The first-order chi connectivity index (χ1) is 9.61. The third-order valence-corrected chi connectivity index (χ3v) is 3.27. The predicted octanol–water partition coefficient (Wildman–Crippen LogP) is 5.29. The lowest BCUT2D eigenvalue weighted by molar-refractivity contribution is 0.101. The van der Waals surface area contributed by atoms with Crippen LogP contribution in [0.5, 0.6) is 5.75 Å². The van der Waals surface area contributed by atoms with E-state index in [-0.39, 0.29) is 13.2 Å². The highest BCUT2D eigenvalue weighted by Crippen LogP contribution is 2.25. The molecule has 0 unspecified atom stereocenters. The molecule has 0 radical (unpaired) electrons. The first kappa shape index (κ1) is 17.0. The third-order valence-electron chi connectivity index (χ3n) is 3.27. The normalized spacial score (nSPS) is 9.86. The summed E-state index contributed by atoms with van der Waals surface area (Å²) in [6.07, 6.45) is 1.01. The molecule has 0 atom stereocenters. The molecule has 0 spiro atoms. The average molecular weight is 284 g/mol. The zero-order valence-electron chi connectivity index (χ0n) is 12.3. The van der Waals surface area contributed by atoms with E-state index in [0.29, 0.717) is 0 Å².